The molecule has 1 N–H and O–H groups in total. The fourth-order valence-electron chi connectivity index (χ4n) is 2.12. The predicted octanol–water partition coefficient (Wildman–Crippen LogP) is 1.84. The maximum atomic E-state index is 13.5. The van der Waals surface area contributed by atoms with E-state index in [1.54, 1.807) is 4.90 Å². The molecule has 0 radical (unpaired) electrons. The molecule has 3 rings (SSSR count). The van der Waals surface area contributed by atoms with E-state index in [2.05, 4.69) is 4.98 Å². The van der Waals surface area contributed by atoms with Crippen molar-refractivity contribution in [1.29, 1.82) is 0 Å². The third-order valence-corrected chi connectivity index (χ3v) is 3.45. The molecule has 1 fully saturated rings. The summed E-state index contributed by atoms with van der Waals surface area (Å²) in [7, 11) is 0. The van der Waals surface area contributed by atoms with Crippen molar-refractivity contribution in [3.63, 3.8) is 0 Å². The number of likely N-dealkylation sites (tertiary alicyclic amines) is 1. The van der Waals surface area contributed by atoms with E-state index in [1.807, 2.05) is 0 Å². The normalized spacial score (nSPS) is 14.1. The summed E-state index contributed by atoms with van der Waals surface area (Å²) in [5.74, 6) is -2.40. The van der Waals surface area contributed by atoms with E-state index in [9.17, 15) is 18.4 Å². The lowest BCUT2D eigenvalue weighted by molar-refractivity contribution is -0.137. The number of H-pyrrole nitrogens is 1. The molecule has 0 aliphatic carbocycles. The Balaban J connectivity index is 1.74. The summed E-state index contributed by atoms with van der Waals surface area (Å²) in [5, 5.41) is -0.0315. The van der Waals surface area contributed by atoms with E-state index in [0.717, 1.165) is 18.6 Å². The monoisotopic (exact) mass is 294 g/mol. The molecule has 1 saturated heterocycles. The molecule has 1 aromatic heterocycles. The van der Waals surface area contributed by atoms with Gasteiger partial charge < -0.3 is 14.6 Å². The van der Waals surface area contributed by atoms with Crippen molar-refractivity contribution in [3.8, 4) is 0 Å². The molecule has 1 aromatic carbocycles. The number of fused-ring (bicyclic) bond motifs is 1. The SMILES string of the molecule is O=C(OCC(=O)N1CCC1)c1cc2c(F)ccc(F)c2[nH]1. The highest BCUT2D eigenvalue weighted by Crippen LogP contribution is 2.22. The van der Waals surface area contributed by atoms with Gasteiger partial charge in [0.25, 0.3) is 5.91 Å². The molecule has 1 aliphatic rings. The quantitative estimate of drug-likeness (QED) is 0.879. The number of carbonyl (C=O) groups excluding carboxylic acids is 2. The first kappa shape index (κ1) is 13.5. The summed E-state index contributed by atoms with van der Waals surface area (Å²) < 4.78 is 31.9. The number of nitrogens with one attached hydrogen (secondary N) is 1. The highest BCUT2D eigenvalue weighted by atomic mass is 19.1. The average molecular weight is 294 g/mol. The number of rotatable bonds is 3. The Hall–Kier alpha value is -2.44. The van der Waals surface area contributed by atoms with Gasteiger partial charge in [0.2, 0.25) is 0 Å². The third-order valence-electron chi connectivity index (χ3n) is 3.45. The Morgan fingerprint density at radius 2 is 1.95 bits per heavy atom. The fraction of sp³-hybridized carbons (Fsp3) is 0.286. The first-order chi connectivity index (χ1) is 10.1. The zero-order valence-corrected chi connectivity index (χ0v) is 11.0. The van der Waals surface area contributed by atoms with Gasteiger partial charge in [0, 0.05) is 18.5 Å². The van der Waals surface area contributed by atoms with Crippen LogP contribution in [0.1, 0.15) is 16.9 Å². The smallest absolute Gasteiger partial charge is 0.355 e. The van der Waals surface area contributed by atoms with Gasteiger partial charge in [-0.2, -0.15) is 0 Å². The van der Waals surface area contributed by atoms with E-state index in [-0.39, 0.29) is 29.1 Å². The molecule has 21 heavy (non-hydrogen) atoms. The van der Waals surface area contributed by atoms with Crippen LogP contribution < -0.4 is 0 Å². The number of nitrogens with zero attached hydrogens (tertiary/aromatic N) is 1. The lowest BCUT2D eigenvalue weighted by Gasteiger charge is -2.30. The first-order valence-electron chi connectivity index (χ1n) is 6.48. The number of hydrogen-bond donors (Lipinski definition) is 1. The van der Waals surface area contributed by atoms with Crippen LogP contribution in [0.5, 0.6) is 0 Å². The van der Waals surface area contributed by atoms with E-state index in [0.29, 0.717) is 13.1 Å². The molecule has 2 aromatic rings. The summed E-state index contributed by atoms with van der Waals surface area (Å²) in [6.07, 6.45) is 0.945. The number of esters is 1. The Labute approximate surface area is 118 Å². The van der Waals surface area contributed by atoms with Crippen molar-refractivity contribution in [1.82, 2.24) is 9.88 Å². The minimum Gasteiger partial charge on any atom is -0.451 e. The van der Waals surface area contributed by atoms with Crippen molar-refractivity contribution in [2.75, 3.05) is 19.7 Å². The van der Waals surface area contributed by atoms with Crippen LogP contribution in [-0.4, -0.2) is 41.5 Å². The standard InChI is InChI=1S/C14H12F2N2O3/c15-9-2-3-10(16)13-8(9)6-11(17-13)14(20)21-7-12(19)18-4-1-5-18/h2-3,6,17H,1,4-5,7H2. The van der Waals surface area contributed by atoms with E-state index >= 15 is 0 Å². The Morgan fingerprint density at radius 3 is 2.57 bits per heavy atom. The number of hydrogen-bond acceptors (Lipinski definition) is 3. The second-order valence-corrected chi connectivity index (χ2v) is 4.81. The predicted molar refractivity (Wildman–Crippen MR) is 69.7 cm³/mol. The van der Waals surface area contributed by atoms with Crippen molar-refractivity contribution in [2.45, 2.75) is 6.42 Å². The Bertz CT molecular complexity index is 683. The molecule has 2 heterocycles. The summed E-state index contributed by atoms with van der Waals surface area (Å²) in [5.41, 5.74) is -0.193. The van der Waals surface area contributed by atoms with Gasteiger partial charge in [-0.05, 0) is 24.6 Å². The maximum absolute atomic E-state index is 13.5. The number of ether oxygens (including phenoxy) is 1. The topological polar surface area (TPSA) is 62.4 Å². The lowest BCUT2D eigenvalue weighted by Crippen LogP contribution is -2.44. The first-order valence-corrected chi connectivity index (χ1v) is 6.48. The largest absolute Gasteiger partial charge is 0.451 e. The molecule has 0 spiro atoms. The van der Waals surface area contributed by atoms with Crippen LogP contribution in [0.4, 0.5) is 8.78 Å². The molecule has 0 bridgehead atoms. The summed E-state index contributed by atoms with van der Waals surface area (Å²) in [6.45, 7) is 0.956. The van der Waals surface area contributed by atoms with Gasteiger partial charge in [-0.25, -0.2) is 13.6 Å². The van der Waals surface area contributed by atoms with E-state index in [1.165, 1.54) is 6.07 Å². The van der Waals surface area contributed by atoms with Gasteiger partial charge in [-0.3, -0.25) is 4.79 Å². The van der Waals surface area contributed by atoms with E-state index in [4.69, 9.17) is 4.74 Å². The van der Waals surface area contributed by atoms with Crippen molar-refractivity contribution in [2.24, 2.45) is 0 Å². The summed E-state index contributed by atoms with van der Waals surface area (Å²) >= 11 is 0. The summed E-state index contributed by atoms with van der Waals surface area (Å²) in [6, 6.07) is 3.12. The van der Waals surface area contributed by atoms with Crippen molar-refractivity contribution in [3.05, 3.63) is 35.5 Å². The summed E-state index contributed by atoms with van der Waals surface area (Å²) in [4.78, 5) is 27.4. The molecule has 0 saturated carbocycles. The molecule has 7 heteroatoms. The Morgan fingerprint density at radius 1 is 1.24 bits per heavy atom. The van der Waals surface area contributed by atoms with Crippen LogP contribution in [0.25, 0.3) is 10.9 Å². The molecule has 1 amide bonds. The van der Waals surface area contributed by atoms with Gasteiger partial charge >= 0.3 is 5.97 Å². The Kier molecular flexibility index (Phi) is 3.32. The van der Waals surface area contributed by atoms with Gasteiger partial charge in [-0.1, -0.05) is 0 Å². The van der Waals surface area contributed by atoms with E-state index < -0.39 is 17.6 Å². The molecular weight excluding hydrogens is 282 g/mol. The third kappa shape index (κ3) is 2.46. The number of halogens is 2. The zero-order chi connectivity index (χ0) is 15.0. The maximum Gasteiger partial charge on any atom is 0.355 e. The minimum atomic E-state index is -0.820. The highest BCUT2D eigenvalue weighted by molar-refractivity contribution is 5.96. The van der Waals surface area contributed by atoms with Crippen LogP contribution in [0.2, 0.25) is 0 Å². The number of carbonyl (C=O) groups is 2. The van der Waals surface area contributed by atoms with Crippen LogP contribution in [0, 0.1) is 11.6 Å². The van der Waals surface area contributed by atoms with Crippen LogP contribution in [0.15, 0.2) is 18.2 Å². The zero-order valence-electron chi connectivity index (χ0n) is 11.0. The van der Waals surface area contributed by atoms with Gasteiger partial charge in [0.05, 0.1) is 5.52 Å². The van der Waals surface area contributed by atoms with Crippen molar-refractivity contribution < 1.29 is 23.1 Å². The van der Waals surface area contributed by atoms with Gasteiger partial charge in [0.1, 0.15) is 17.3 Å². The average Bonchev–Trinajstić information content (AvgIpc) is 2.85. The van der Waals surface area contributed by atoms with Gasteiger partial charge in [-0.15, -0.1) is 0 Å². The van der Waals surface area contributed by atoms with Crippen LogP contribution in [0.3, 0.4) is 0 Å². The number of aromatic amines is 1. The second-order valence-electron chi connectivity index (χ2n) is 4.81. The van der Waals surface area contributed by atoms with Crippen LogP contribution in [-0.2, 0) is 9.53 Å². The number of benzene rings is 1. The number of aromatic nitrogens is 1. The second kappa shape index (κ2) is 5.16. The molecule has 5 nitrogen and oxygen atoms in total. The molecular formula is C14H12F2N2O3. The van der Waals surface area contributed by atoms with Gasteiger partial charge in [0.15, 0.2) is 6.61 Å². The lowest BCUT2D eigenvalue weighted by atomic mass is 10.2. The molecule has 110 valence electrons. The fourth-order valence-corrected chi connectivity index (χ4v) is 2.12. The van der Waals surface area contributed by atoms with Crippen molar-refractivity contribution >= 4 is 22.8 Å². The molecule has 0 atom stereocenters. The highest BCUT2D eigenvalue weighted by Gasteiger charge is 2.22. The molecule has 0 unspecified atom stereocenters. The minimum absolute atomic E-state index is 0.0315. The molecule has 1 aliphatic heterocycles. The van der Waals surface area contributed by atoms with Crippen LogP contribution >= 0.6 is 0 Å². The number of amides is 1.